The highest BCUT2D eigenvalue weighted by Gasteiger charge is 2.44. The Balaban J connectivity index is 1.77. The lowest BCUT2D eigenvalue weighted by Crippen LogP contribution is -2.37. The number of non-ortho nitro benzene ring substituents is 1. The van der Waals surface area contributed by atoms with E-state index < -0.39 is 22.7 Å². The first kappa shape index (κ1) is 22.4. The van der Waals surface area contributed by atoms with Crippen LogP contribution in [0.25, 0.3) is 0 Å². The van der Waals surface area contributed by atoms with E-state index >= 15 is 0 Å². The van der Waals surface area contributed by atoms with Gasteiger partial charge in [-0.05, 0) is 42.5 Å². The van der Waals surface area contributed by atoms with E-state index in [-0.39, 0.29) is 23.8 Å². The predicted octanol–water partition coefficient (Wildman–Crippen LogP) is 4.35. The summed E-state index contributed by atoms with van der Waals surface area (Å²) in [5, 5.41) is 11.1. The van der Waals surface area contributed by atoms with Crippen LogP contribution >= 0.6 is 0 Å². The van der Waals surface area contributed by atoms with Crippen LogP contribution < -0.4 is 4.74 Å². The summed E-state index contributed by atoms with van der Waals surface area (Å²) in [6.45, 7) is 1.76. The minimum atomic E-state index is -0.767. The maximum absolute atomic E-state index is 13.4. The Bertz CT molecular complexity index is 1160. The number of esters is 1. The molecule has 8 nitrogen and oxygen atoms in total. The smallest absolute Gasteiger partial charge is 0.315 e. The van der Waals surface area contributed by atoms with Crippen molar-refractivity contribution in [2.45, 2.75) is 31.6 Å². The fourth-order valence-electron chi connectivity index (χ4n) is 4.77. The molecule has 170 valence electrons. The number of hydrogen-bond donors (Lipinski definition) is 0. The van der Waals surface area contributed by atoms with Crippen molar-refractivity contribution < 1.29 is 24.0 Å². The molecule has 0 fully saturated rings. The van der Waals surface area contributed by atoms with Crippen LogP contribution in [0.4, 0.5) is 5.69 Å². The normalized spacial score (nSPS) is 22.3. The molecular weight excluding hydrogens is 424 g/mol. The number of carbonyl (C=O) groups excluding carboxylic acids is 2. The number of benzene rings is 2. The van der Waals surface area contributed by atoms with Crippen molar-refractivity contribution in [3.05, 3.63) is 81.0 Å². The van der Waals surface area contributed by atoms with Gasteiger partial charge in [-0.15, -0.1) is 0 Å². The Morgan fingerprint density at radius 2 is 1.67 bits per heavy atom. The van der Waals surface area contributed by atoms with Crippen molar-refractivity contribution in [1.82, 2.24) is 0 Å². The zero-order valence-corrected chi connectivity index (χ0v) is 18.6. The molecule has 3 atom stereocenters. The molecule has 0 spiro atoms. The van der Waals surface area contributed by atoms with Crippen LogP contribution in [0.2, 0.25) is 0 Å². The highest BCUT2D eigenvalue weighted by atomic mass is 16.6. The van der Waals surface area contributed by atoms with Gasteiger partial charge in [-0.3, -0.25) is 24.7 Å². The molecule has 0 radical (unpaired) electrons. The summed E-state index contributed by atoms with van der Waals surface area (Å²) < 4.78 is 10.3. The van der Waals surface area contributed by atoms with Crippen molar-refractivity contribution in [1.29, 1.82) is 0 Å². The van der Waals surface area contributed by atoms with E-state index in [0.717, 1.165) is 11.3 Å². The molecule has 0 N–H and O–H groups in total. The van der Waals surface area contributed by atoms with Crippen LogP contribution in [0.1, 0.15) is 42.7 Å². The van der Waals surface area contributed by atoms with Gasteiger partial charge in [0.15, 0.2) is 5.78 Å². The average molecular weight is 448 g/mol. The topological polar surface area (TPSA) is 108 Å². The van der Waals surface area contributed by atoms with Gasteiger partial charge in [-0.1, -0.05) is 24.3 Å². The third-order valence-electron chi connectivity index (χ3n) is 6.39. The number of nitrogens with zero attached hydrogens (tertiary/aromatic N) is 2. The first-order valence-corrected chi connectivity index (χ1v) is 10.6. The number of aliphatic imine (C=N–C) groups is 1. The van der Waals surface area contributed by atoms with E-state index in [4.69, 9.17) is 9.47 Å². The second-order valence-corrected chi connectivity index (χ2v) is 8.24. The summed E-state index contributed by atoms with van der Waals surface area (Å²) in [5.74, 6) is -1.23. The van der Waals surface area contributed by atoms with E-state index in [1.54, 1.807) is 26.2 Å². The second kappa shape index (κ2) is 8.97. The van der Waals surface area contributed by atoms with Crippen LogP contribution in [-0.2, 0) is 14.3 Å². The zero-order valence-electron chi connectivity index (χ0n) is 18.6. The van der Waals surface area contributed by atoms with Crippen molar-refractivity contribution in [3.8, 4) is 5.75 Å². The van der Waals surface area contributed by atoms with Gasteiger partial charge in [0, 0.05) is 41.5 Å². The standard InChI is InChI=1S/C25H24N2O6/c1-14-22(25(29)33-3)23(16-4-8-18(9-5-16)27(30)31)24-20(26-14)12-17(13-21(24)28)15-6-10-19(32-2)11-7-15/h4-11,17,22-23H,12-13H2,1-3H3/t17-,22?,23+/m1/s1. The number of methoxy groups -OCH3 is 2. The van der Waals surface area contributed by atoms with Crippen LogP contribution in [-0.4, -0.2) is 36.6 Å². The van der Waals surface area contributed by atoms with E-state index in [2.05, 4.69) is 4.99 Å². The number of carbonyl (C=O) groups is 2. The molecule has 2 aliphatic rings. The van der Waals surface area contributed by atoms with E-state index in [9.17, 15) is 19.7 Å². The lowest BCUT2D eigenvalue weighted by atomic mass is 9.69. The number of allylic oxidation sites excluding steroid dienone is 2. The van der Waals surface area contributed by atoms with Gasteiger partial charge in [0.25, 0.3) is 5.69 Å². The Morgan fingerprint density at radius 3 is 2.24 bits per heavy atom. The first-order chi connectivity index (χ1) is 15.8. The quantitative estimate of drug-likeness (QED) is 0.382. The third kappa shape index (κ3) is 4.16. The molecule has 0 amide bonds. The molecule has 1 heterocycles. The second-order valence-electron chi connectivity index (χ2n) is 8.24. The highest BCUT2D eigenvalue weighted by Crippen LogP contribution is 2.47. The molecule has 2 aromatic rings. The minimum absolute atomic E-state index is 0.0362. The van der Waals surface area contributed by atoms with Gasteiger partial charge in [0.05, 0.1) is 19.1 Å². The van der Waals surface area contributed by atoms with Gasteiger partial charge < -0.3 is 9.47 Å². The molecule has 1 aliphatic heterocycles. The van der Waals surface area contributed by atoms with E-state index in [1.807, 2.05) is 24.3 Å². The Morgan fingerprint density at radius 1 is 1.03 bits per heavy atom. The molecule has 1 aliphatic carbocycles. The number of ketones is 1. The number of nitro benzene ring substituents is 1. The molecule has 4 rings (SSSR count). The molecule has 0 bridgehead atoms. The SMILES string of the molecule is COC(=O)C1C(C)=NC2=C(C(=O)C[C@H](c3ccc(OC)cc3)C2)[C@H]1c1ccc([N+](=O)[O-])cc1. The van der Waals surface area contributed by atoms with Gasteiger partial charge in [0.2, 0.25) is 0 Å². The Hall–Kier alpha value is -3.81. The van der Waals surface area contributed by atoms with Crippen molar-refractivity contribution >= 4 is 23.2 Å². The zero-order chi connectivity index (χ0) is 23.7. The van der Waals surface area contributed by atoms with Crippen molar-refractivity contribution in [2.75, 3.05) is 14.2 Å². The van der Waals surface area contributed by atoms with Crippen molar-refractivity contribution in [3.63, 3.8) is 0 Å². The molecule has 0 aromatic heterocycles. The number of hydrogen-bond acceptors (Lipinski definition) is 7. The van der Waals surface area contributed by atoms with Crippen LogP contribution in [0.3, 0.4) is 0 Å². The van der Waals surface area contributed by atoms with Crippen LogP contribution in [0.5, 0.6) is 5.75 Å². The highest BCUT2D eigenvalue weighted by molar-refractivity contribution is 6.09. The summed E-state index contributed by atoms with van der Waals surface area (Å²) in [4.78, 5) is 41.4. The molecular formula is C25H24N2O6. The molecule has 0 saturated heterocycles. The average Bonchev–Trinajstić information content (AvgIpc) is 2.82. The largest absolute Gasteiger partial charge is 0.497 e. The molecule has 2 aromatic carbocycles. The van der Waals surface area contributed by atoms with Gasteiger partial charge in [0.1, 0.15) is 11.7 Å². The van der Waals surface area contributed by atoms with Gasteiger partial charge in [-0.25, -0.2) is 0 Å². The maximum atomic E-state index is 13.4. The monoisotopic (exact) mass is 448 g/mol. The summed E-state index contributed by atoms with van der Waals surface area (Å²) in [6, 6.07) is 13.6. The summed E-state index contributed by atoms with van der Waals surface area (Å²) in [6.07, 6.45) is 0.846. The van der Waals surface area contributed by atoms with E-state index in [0.29, 0.717) is 29.0 Å². The third-order valence-corrected chi connectivity index (χ3v) is 6.39. The molecule has 0 saturated carbocycles. The van der Waals surface area contributed by atoms with Gasteiger partial charge in [-0.2, -0.15) is 0 Å². The van der Waals surface area contributed by atoms with Crippen molar-refractivity contribution in [2.24, 2.45) is 10.9 Å². The lowest BCUT2D eigenvalue weighted by molar-refractivity contribution is -0.384. The Kier molecular flexibility index (Phi) is 6.09. The van der Waals surface area contributed by atoms with Crippen LogP contribution in [0, 0.1) is 16.0 Å². The number of nitro groups is 1. The maximum Gasteiger partial charge on any atom is 0.315 e. The molecule has 33 heavy (non-hydrogen) atoms. The Labute approximate surface area is 191 Å². The number of ether oxygens (including phenoxy) is 2. The summed E-state index contributed by atoms with van der Waals surface area (Å²) in [5.41, 5.74) is 3.33. The number of Topliss-reactive ketones (excluding diaryl/α,β-unsaturated/α-hetero) is 1. The number of rotatable bonds is 5. The van der Waals surface area contributed by atoms with Gasteiger partial charge >= 0.3 is 5.97 Å². The lowest BCUT2D eigenvalue weighted by Gasteiger charge is -2.36. The predicted molar refractivity (Wildman–Crippen MR) is 121 cm³/mol. The fraction of sp³-hybridized carbons (Fsp3) is 0.320. The summed E-state index contributed by atoms with van der Waals surface area (Å²) in [7, 11) is 2.90. The molecule has 1 unspecified atom stereocenters. The van der Waals surface area contributed by atoms with E-state index in [1.165, 1.54) is 19.2 Å². The summed E-state index contributed by atoms with van der Waals surface area (Å²) >= 11 is 0. The minimum Gasteiger partial charge on any atom is -0.497 e. The first-order valence-electron chi connectivity index (χ1n) is 10.6. The van der Waals surface area contributed by atoms with Crippen LogP contribution in [0.15, 0.2) is 64.8 Å². The molecule has 8 heteroatoms. The fourth-order valence-corrected chi connectivity index (χ4v) is 4.77.